The quantitative estimate of drug-likeness (QED) is 0.151. The number of nitrogens with one attached hydrogen (secondary N) is 2. The fourth-order valence-electron chi connectivity index (χ4n) is 3.89. The van der Waals surface area contributed by atoms with E-state index in [9.17, 15) is 27.2 Å². The van der Waals surface area contributed by atoms with Gasteiger partial charge in [0.15, 0.2) is 22.8 Å². The zero-order valence-corrected chi connectivity index (χ0v) is 25.6. The van der Waals surface area contributed by atoms with Crippen molar-refractivity contribution in [1.82, 2.24) is 10.3 Å². The van der Waals surface area contributed by atoms with Crippen molar-refractivity contribution in [3.8, 4) is 11.5 Å². The molecule has 1 atom stereocenters. The summed E-state index contributed by atoms with van der Waals surface area (Å²) in [6.45, 7) is 0.741. The molecule has 1 amide bonds. The van der Waals surface area contributed by atoms with E-state index in [-0.39, 0.29) is 52.4 Å². The number of carbonyl (C=O) groups is 2. The molecule has 0 aliphatic rings. The number of thiazole rings is 1. The molecule has 0 spiro atoms. The Kier molecular flexibility index (Phi) is 10.5. The number of aromatic nitrogens is 1. The lowest BCUT2D eigenvalue weighted by atomic mass is 10.0. The number of rotatable bonds is 13. The summed E-state index contributed by atoms with van der Waals surface area (Å²) in [5.74, 6) is -3.36. The van der Waals surface area contributed by atoms with Gasteiger partial charge in [-0.15, -0.1) is 11.3 Å². The fraction of sp³-hybridized carbons (Fsp3) is 0.231. The summed E-state index contributed by atoms with van der Waals surface area (Å²) in [5.41, 5.74) is 0.524. The Hall–Kier alpha value is -4.12. The highest BCUT2D eigenvalue weighted by Gasteiger charge is 2.26. The van der Waals surface area contributed by atoms with Crippen LogP contribution in [0.4, 0.5) is 14.3 Å². The number of nitrogens with zero attached hydrogens (tertiary/aromatic N) is 1. The smallest absolute Gasteiger partial charge is 0.480 e. The number of aryl methyl sites for hydroxylation is 2. The summed E-state index contributed by atoms with van der Waals surface area (Å²) in [6, 6.07) is 6.35. The number of carboxylic acid groups (broad SMARTS) is 1. The third-order valence-electron chi connectivity index (χ3n) is 5.79. The van der Waals surface area contributed by atoms with Crippen LogP contribution in [0.15, 0.2) is 60.4 Å². The van der Waals surface area contributed by atoms with Crippen molar-refractivity contribution in [3.63, 3.8) is 0 Å². The maximum absolute atomic E-state index is 15.0. The van der Waals surface area contributed by atoms with Gasteiger partial charge < -0.3 is 28.7 Å². The predicted molar refractivity (Wildman–Crippen MR) is 156 cm³/mol. The summed E-state index contributed by atoms with van der Waals surface area (Å²) in [4.78, 5) is 37.6. The van der Waals surface area contributed by atoms with Gasteiger partial charge in [0, 0.05) is 22.7 Å². The molecule has 0 saturated carbocycles. The van der Waals surface area contributed by atoms with Crippen molar-refractivity contribution in [2.75, 3.05) is 11.3 Å². The summed E-state index contributed by atoms with van der Waals surface area (Å²) in [5, 5.41) is 12.6. The van der Waals surface area contributed by atoms with Gasteiger partial charge in [0.2, 0.25) is 0 Å². The Morgan fingerprint density at radius 2 is 1.95 bits per heavy atom. The minimum atomic E-state index is -4.34. The Bertz CT molecular complexity index is 1830. The molecule has 44 heavy (non-hydrogen) atoms. The lowest BCUT2D eigenvalue weighted by Gasteiger charge is -2.17. The Labute approximate surface area is 262 Å². The minimum absolute atomic E-state index is 0.0465. The van der Waals surface area contributed by atoms with Gasteiger partial charge in [0.1, 0.15) is 28.8 Å². The molecule has 2 heterocycles. The average Bonchev–Trinajstić information content (AvgIpc) is 3.57. The molecular weight excluding hydrogens is 668 g/mol. The first-order chi connectivity index (χ1) is 20.8. The molecule has 2 aromatic heterocycles. The normalized spacial score (nSPS) is 12.0. The van der Waals surface area contributed by atoms with E-state index in [4.69, 9.17) is 46.6 Å². The number of sulfonamides is 1. The highest BCUT2D eigenvalue weighted by atomic mass is 35.5. The Morgan fingerprint density at radius 1 is 1.18 bits per heavy atom. The number of benzene rings is 2. The highest BCUT2D eigenvalue weighted by Crippen LogP contribution is 2.37. The number of anilines is 1. The Balaban J connectivity index is 1.51. The van der Waals surface area contributed by atoms with E-state index in [2.05, 4.69) is 15.0 Å². The first kappa shape index (κ1) is 32.8. The average molecular weight is 691 g/mol. The highest BCUT2D eigenvalue weighted by molar-refractivity contribution is 7.93. The maximum atomic E-state index is 15.0. The number of carboxylic acids is 1. The monoisotopic (exact) mass is 689 g/mol. The van der Waals surface area contributed by atoms with Gasteiger partial charge in [-0.3, -0.25) is 9.52 Å². The number of ether oxygens (including phenoxy) is 2. The van der Waals surface area contributed by atoms with Gasteiger partial charge >= 0.3 is 17.9 Å². The number of hydrogen-bond acceptors (Lipinski definition) is 11. The summed E-state index contributed by atoms with van der Waals surface area (Å²) in [7, 11) is -4.34. The van der Waals surface area contributed by atoms with Gasteiger partial charge in [-0.2, -0.15) is 0 Å². The van der Waals surface area contributed by atoms with E-state index in [0.717, 1.165) is 23.5 Å². The van der Waals surface area contributed by atoms with Crippen LogP contribution in [0.25, 0.3) is 0 Å². The molecule has 0 fully saturated rings. The van der Waals surface area contributed by atoms with E-state index in [1.54, 1.807) is 11.4 Å². The van der Waals surface area contributed by atoms with Crippen LogP contribution < -0.4 is 20.6 Å². The molecule has 4 rings (SSSR count). The number of alkyl carbamates (subject to hydrolysis) is 1. The largest absolute Gasteiger partial charge is 0.519 e. The van der Waals surface area contributed by atoms with Gasteiger partial charge in [0.05, 0.1) is 5.02 Å². The van der Waals surface area contributed by atoms with Crippen LogP contribution >= 0.6 is 34.5 Å². The molecule has 18 heteroatoms. The first-order valence-corrected chi connectivity index (χ1v) is 15.6. The van der Waals surface area contributed by atoms with Crippen molar-refractivity contribution >= 4 is 61.8 Å². The molecule has 2 aromatic carbocycles. The second-order valence-corrected chi connectivity index (χ2v) is 12.3. The number of carbonyl (C=O) groups excluding carboxylic acids is 1. The number of hydrogen-bond donors (Lipinski definition) is 3. The molecule has 0 saturated heterocycles. The Morgan fingerprint density at radius 3 is 2.61 bits per heavy atom. The molecular formula is C26H22Cl2FN3O10S2. The molecule has 3 N–H and O–H groups in total. The summed E-state index contributed by atoms with van der Waals surface area (Å²) >= 11 is 13.5. The lowest BCUT2D eigenvalue weighted by Crippen LogP contribution is -2.31. The van der Waals surface area contributed by atoms with Gasteiger partial charge in [-0.1, -0.05) is 23.2 Å². The fourth-order valence-corrected chi connectivity index (χ4v) is 6.23. The first-order valence-electron chi connectivity index (χ1n) is 12.5. The van der Waals surface area contributed by atoms with Gasteiger partial charge in [-0.05, 0) is 56.0 Å². The SMILES string of the molecule is Cc1oc(=O)oc1C(CCCc1cc(Cl)ccc1Oc1cc(F)c(S(=O)(=O)Nc2nccs2)cc1Cl)OC(=O)NCC(=O)O. The summed E-state index contributed by atoms with van der Waals surface area (Å²) < 4.78 is 63.6. The molecule has 0 aliphatic carbocycles. The van der Waals surface area contributed by atoms with Crippen LogP contribution in [-0.2, 0) is 26.0 Å². The van der Waals surface area contributed by atoms with Crippen LogP contribution in [0.2, 0.25) is 10.0 Å². The number of amides is 1. The van der Waals surface area contributed by atoms with Crippen molar-refractivity contribution in [2.24, 2.45) is 0 Å². The van der Waals surface area contributed by atoms with E-state index >= 15 is 0 Å². The molecule has 13 nitrogen and oxygen atoms in total. The van der Waals surface area contributed by atoms with Crippen LogP contribution in [-0.4, -0.2) is 37.1 Å². The zero-order valence-electron chi connectivity index (χ0n) is 22.5. The van der Waals surface area contributed by atoms with Crippen molar-refractivity contribution < 1.29 is 45.8 Å². The van der Waals surface area contributed by atoms with Crippen molar-refractivity contribution in [3.05, 3.63) is 85.5 Å². The van der Waals surface area contributed by atoms with E-state index in [1.807, 2.05) is 0 Å². The van der Waals surface area contributed by atoms with Crippen molar-refractivity contribution in [1.29, 1.82) is 0 Å². The standard InChI is InChI=1S/C26H22Cl2FN3O10S2/c1-13-23(42-26(36)39-13)19(41-25(35)31-12-22(33)34)4-2-3-14-9-15(27)5-6-18(14)40-20-11-17(29)21(10-16(20)28)44(37,38)32-24-30-7-8-43-24/h5-11,19H,2-4,12H2,1H3,(H,30,32)(H,31,35)(H,33,34). The second kappa shape index (κ2) is 14.1. The third-order valence-corrected chi connectivity index (χ3v) is 8.49. The molecule has 0 aliphatic heterocycles. The number of halogens is 3. The summed E-state index contributed by atoms with van der Waals surface area (Å²) in [6.07, 6.45) is -0.174. The van der Waals surface area contributed by atoms with Crippen molar-refractivity contribution in [2.45, 2.75) is 37.2 Å². The third kappa shape index (κ3) is 8.49. The van der Waals surface area contributed by atoms with Gasteiger partial charge in [0.25, 0.3) is 10.0 Å². The van der Waals surface area contributed by atoms with E-state index in [0.29, 0.717) is 10.6 Å². The van der Waals surface area contributed by atoms with Crippen LogP contribution in [0.5, 0.6) is 11.5 Å². The molecule has 4 aromatic rings. The molecule has 0 radical (unpaired) electrons. The second-order valence-electron chi connectivity index (χ2n) is 8.92. The van der Waals surface area contributed by atoms with Crippen LogP contribution in [0.3, 0.4) is 0 Å². The topological polar surface area (TPSA) is 187 Å². The molecule has 1 unspecified atom stereocenters. The van der Waals surface area contributed by atoms with E-state index < -0.39 is 51.3 Å². The lowest BCUT2D eigenvalue weighted by molar-refractivity contribution is -0.135. The minimum Gasteiger partial charge on any atom is -0.480 e. The van der Waals surface area contributed by atoms with Crippen LogP contribution in [0.1, 0.15) is 36.0 Å². The van der Waals surface area contributed by atoms with Crippen LogP contribution in [0, 0.1) is 12.7 Å². The maximum Gasteiger partial charge on any atom is 0.519 e. The predicted octanol–water partition coefficient (Wildman–Crippen LogP) is 5.91. The molecule has 234 valence electrons. The van der Waals surface area contributed by atoms with Gasteiger partial charge in [-0.25, -0.2) is 27.4 Å². The number of aliphatic carboxylic acids is 1. The van der Waals surface area contributed by atoms with E-state index in [1.165, 1.54) is 25.3 Å². The zero-order chi connectivity index (χ0) is 32.0. The molecule has 0 bridgehead atoms.